The molecular formula is C17H22N2O2. The smallest absolute Gasteiger partial charge is 0.119 e. The van der Waals surface area contributed by atoms with Crippen LogP contribution in [0.5, 0.6) is 5.75 Å². The van der Waals surface area contributed by atoms with Crippen molar-refractivity contribution in [2.75, 3.05) is 26.8 Å². The van der Waals surface area contributed by atoms with Crippen LogP contribution in [-0.2, 0) is 6.54 Å². The van der Waals surface area contributed by atoms with E-state index in [2.05, 4.69) is 29.7 Å². The maximum atomic E-state index is 8.81. The number of aliphatic hydroxyl groups is 1. The van der Waals surface area contributed by atoms with Gasteiger partial charge in [0.15, 0.2) is 0 Å². The Morgan fingerprint density at radius 1 is 1.33 bits per heavy atom. The van der Waals surface area contributed by atoms with Crippen LogP contribution in [0.15, 0.2) is 18.2 Å². The molecule has 4 heteroatoms. The molecule has 0 spiro atoms. The summed E-state index contributed by atoms with van der Waals surface area (Å²) in [6.45, 7) is 4.50. The lowest BCUT2D eigenvalue weighted by Crippen LogP contribution is -2.24. The van der Waals surface area contributed by atoms with E-state index in [1.54, 1.807) is 7.11 Å². The average Bonchev–Trinajstić information content (AvgIpc) is 2.52. The van der Waals surface area contributed by atoms with Crippen LogP contribution in [0.4, 0.5) is 0 Å². The lowest BCUT2D eigenvalue weighted by Gasteiger charge is -2.20. The van der Waals surface area contributed by atoms with Gasteiger partial charge in [0.2, 0.25) is 0 Å². The molecule has 0 aliphatic carbocycles. The Bertz CT molecular complexity index is 538. The minimum atomic E-state index is 0.0712. The predicted octanol–water partition coefficient (Wildman–Crippen LogP) is 2.16. The number of nitriles is 1. The number of methoxy groups -OCH3 is 1. The van der Waals surface area contributed by atoms with Crippen molar-refractivity contribution in [3.8, 4) is 23.7 Å². The van der Waals surface area contributed by atoms with E-state index in [1.165, 1.54) is 0 Å². The van der Waals surface area contributed by atoms with Crippen molar-refractivity contribution in [3.05, 3.63) is 29.3 Å². The molecule has 0 saturated carbocycles. The third-order valence-corrected chi connectivity index (χ3v) is 3.15. The fraction of sp³-hybridized carbons (Fsp3) is 0.471. The Labute approximate surface area is 127 Å². The second-order valence-corrected chi connectivity index (χ2v) is 4.58. The summed E-state index contributed by atoms with van der Waals surface area (Å²) in [5, 5.41) is 17.5. The van der Waals surface area contributed by atoms with E-state index in [1.807, 2.05) is 18.2 Å². The van der Waals surface area contributed by atoms with Crippen molar-refractivity contribution in [2.24, 2.45) is 0 Å². The first-order valence-corrected chi connectivity index (χ1v) is 7.11. The molecule has 1 N–H and O–H groups in total. The molecule has 0 amide bonds. The van der Waals surface area contributed by atoms with Gasteiger partial charge in [0, 0.05) is 31.5 Å². The van der Waals surface area contributed by atoms with Crippen molar-refractivity contribution in [3.63, 3.8) is 0 Å². The van der Waals surface area contributed by atoms with Gasteiger partial charge in [-0.1, -0.05) is 18.8 Å². The molecule has 112 valence electrons. The summed E-state index contributed by atoms with van der Waals surface area (Å²) in [7, 11) is 1.64. The average molecular weight is 286 g/mol. The molecule has 0 aromatic heterocycles. The molecule has 1 aromatic carbocycles. The van der Waals surface area contributed by atoms with Gasteiger partial charge in [-0.2, -0.15) is 5.26 Å². The first-order valence-electron chi connectivity index (χ1n) is 7.11. The zero-order chi connectivity index (χ0) is 15.5. The van der Waals surface area contributed by atoms with Gasteiger partial charge in [-0.3, -0.25) is 4.90 Å². The van der Waals surface area contributed by atoms with Crippen LogP contribution < -0.4 is 4.74 Å². The van der Waals surface area contributed by atoms with Gasteiger partial charge in [0.1, 0.15) is 5.75 Å². The van der Waals surface area contributed by atoms with Gasteiger partial charge >= 0.3 is 0 Å². The molecule has 0 bridgehead atoms. The van der Waals surface area contributed by atoms with Crippen molar-refractivity contribution < 1.29 is 9.84 Å². The SMILES string of the molecule is CCN(CCC#N)Cc1cc(OC)ccc1C#CCCO. The van der Waals surface area contributed by atoms with E-state index in [0.29, 0.717) is 12.8 Å². The highest BCUT2D eigenvalue weighted by atomic mass is 16.5. The highest BCUT2D eigenvalue weighted by molar-refractivity contribution is 5.45. The van der Waals surface area contributed by atoms with Crippen molar-refractivity contribution in [1.29, 1.82) is 5.26 Å². The van der Waals surface area contributed by atoms with Crippen LogP contribution in [0.3, 0.4) is 0 Å². The van der Waals surface area contributed by atoms with E-state index in [4.69, 9.17) is 15.1 Å². The molecule has 0 saturated heterocycles. The Kier molecular flexibility index (Phi) is 7.97. The van der Waals surface area contributed by atoms with Crippen LogP contribution in [0.2, 0.25) is 0 Å². The van der Waals surface area contributed by atoms with Crippen LogP contribution in [-0.4, -0.2) is 36.8 Å². The van der Waals surface area contributed by atoms with Crippen LogP contribution in [0.1, 0.15) is 30.9 Å². The lowest BCUT2D eigenvalue weighted by atomic mass is 10.1. The van der Waals surface area contributed by atoms with Gasteiger partial charge < -0.3 is 9.84 Å². The molecule has 0 atom stereocenters. The minimum Gasteiger partial charge on any atom is -0.497 e. The minimum absolute atomic E-state index is 0.0712. The second kappa shape index (κ2) is 9.83. The number of aliphatic hydroxyl groups excluding tert-OH is 1. The van der Waals surface area contributed by atoms with Gasteiger partial charge in [-0.05, 0) is 30.3 Å². The third kappa shape index (κ3) is 5.87. The first-order chi connectivity index (χ1) is 10.2. The number of rotatable bonds is 7. The number of benzene rings is 1. The summed E-state index contributed by atoms with van der Waals surface area (Å²) in [4.78, 5) is 2.20. The quantitative estimate of drug-likeness (QED) is 0.780. The zero-order valence-electron chi connectivity index (χ0n) is 12.7. The van der Waals surface area contributed by atoms with E-state index >= 15 is 0 Å². The Balaban J connectivity index is 2.95. The van der Waals surface area contributed by atoms with Crippen molar-refractivity contribution >= 4 is 0 Å². The molecule has 0 fully saturated rings. The fourth-order valence-electron chi connectivity index (χ4n) is 1.96. The molecule has 0 radical (unpaired) electrons. The summed E-state index contributed by atoms with van der Waals surface area (Å²) in [5.41, 5.74) is 2.03. The Morgan fingerprint density at radius 2 is 2.14 bits per heavy atom. The number of ether oxygens (including phenoxy) is 1. The summed E-state index contributed by atoms with van der Waals surface area (Å²) in [6, 6.07) is 7.99. The van der Waals surface area contributed by atoms with Gasteiger partial charge in [0.05, 0.1) is 19.8 Å². The highest BCUT2D eigenvalue weighted by Crippen LogP contribution is 2.19. The van der Waals surface area contributed by atoms with E-state index in [-0.39, 0.29) is 6.61 Å². The van der Waals surface area contributed by atoms with E-state index in [9.17, 15) is 0 Å². The standard InChI is InChI=1S/C17H22N2O2/c1-3-19(11-6-10-18)14-16-13-17(21-2)9-8-15(16)7-4-5-12-20/h8-9,13,20H,3,5-6,11-12,14H2,1-2H3. The predicted molar refractivity (Wildman–Crippen MR) is 82.8 cm³/mol. The Morgan fingerprint density at radius 3 is 2.76 bits per heavy atom. The van der Waals surface area contributed by atoms with Crippen molar-refractivity contribution in [1.82, 2.24) is 4.90 Å². The molecule has 1 rings (SSSR count). The van der Waals surface area contributed by atoms with Crippen LogP contribution >= 0.6 is 0 Å². The molecular weight excluding hydrogens is 264 g/mol. The van der Waals surface area contributed by atoms with Crippen molar-refractivity contribution in [2.45, 2.75) is 26.3 Å². The Hall–Kier alpha value is -2.01. The maximum Gasteiger partial charge on any atom is 0.119 e. The normalized spacial score (nSPS) is 9.86. The summed E-state index contributed by atoms with van der Waals surface area (Å²) in [6.07, 6.45) is 0.987. The highest BCUT2D eigenvalue weighted by Gasteiger charge is 2.08. The molecule has 0 unspecified atom stereocenters. The second-order valence-electron chi connectivity index (χ2n) is 4.58. The van der Waals surface area contributed by atoms with Gasteiger partial charge in [0.25, 0.3) is 0 Å². The lowest BCUT2D eigenvalue weighted by molar-refractivity contribution is 0.286. The first kappa shape index (κ1) is 17.0. The molecule has 0 aliphatic heterocycles. The summed E-state index contributed by atoms with van der Waals surface area (Å²) < 4.78 is 5.27. The van der Waals surface area contributed by atoms with Gasteiger partial charge in [-0.15, -0.1) is 0 Å². The number of nitrogens with zero attached hydrogens (tertiary/aromatic N) is 2. The number of hydrogen-bond acceptors (Lipinski definition) is 4. The summed E-state index contributed by atoms with van der Waals surface area (Å²) >= 11 is 0. The van der Waals surface area contributed by atoms with Crippen LogP contribution in [0, 0.1) is 23.2 Å². The molecule has 0 aliphatic rings. The van der Waals surface area contributed by atoms with E-state index in [0.717, 1.165) is 36.5 Å². The zero-order valence-corrected chi connectivity index (χ0v) is 12.7. The van der Waals surface area contributed by atoms with Gasteiger partial charge in [-0.25, -0.2) is 0 Å². The largest absolute Gasteiger partial charge is 0.497 e. The maximum absolute atomic E-state index is 8.81. The third-order valence-electron chi connectivity index (χ3n) is 3.15. The molecule has 1 aromatic rings. The topological polar surface area (TPSA) is 56.5 Å². The molecule has 4 nitrogen and oxygen atoms in total. The van der Waals surface area contributed by atoms with Crippen LogP contribution in [0.25, 0.3) is 0 Å². The fourth-order valence-corrected chi connectivity index (χ4v) is 1.96. The number of hydrogen-bond donors (Lipinski definition) is 1. The monoisotopic (exact) mass is 286 g/mol. The molecule has 21 heavy (non-hydrogen) atoms. The summed E-state index contributed by atoms with van der Waals surface area (Å²) in [5.74, 6) is 6.85. The van der Waals surface area contributed by atoms with E-state index < -0.39 is 0 Å². The molecule has 0 heterocycles.